The van der Waals surface area contributed by atoms with Crippen LogP contribution in [0.2, 0.25) is 0 Å². The molecule has 0 aliphatic carbocycles. The lowest BCUT2D eigenvalue weighted by molar-refractivity contribution is 0.185. The molecular weight excluding hydrogens is 301 g/mol. The third kappa shape index (κ3) is 2.39. The van der Waals surface area contributed by atoms with Gasteiger partial charge in [0.15, 0.2) is 0 Å². The first kappa shape index (κ1) is 12.3. The molecule has 1 aromatic rings. The lowest BCUT2D eigenvalue weighted by Gasteiger charge is -2.16. The molecule has 0 spiro atoms. The van der Waals surface area contributed by atoms with Crippen LogP contribution in [0.1, 0.15) is 17.4 Å². The summed E-state index contributed by atoms with van der Waals surface area (Å²) >= 11 is 9.07. The molecule has 1 aromatic carbocycles. The lowest BCUT2D eigenvalue weighted by Crippen LogP contribution is -2.09. The Morgan fingerprint density at radius 3 is 2.75 bits per heavy atom. The van der Waals surface area contributed by atoms with Crippen molar-refractivity contribution in [1.29, 1.82) is 0 Å². The summed E-state index contributed by atoms with van der Waals surface area (Å²) in [6.07, 6.45) is 0.783. The van der Waals surface area contributed by atoms with Crippen LogP contribution in [0.25, 0.3) is 0 Å². The first-order chi connectivity index (χ1) is 7.59. The number of rotatable bonds is 2. The molecule has 1 saturated heterocycles. The maximum Gasteiger partial charge on any atom is 0.137 e. The van der Waals surface area contributed by atoms with Gasteiger partial charge in [-0.05, 0) is 34.5 Å². The Balaban J connectivity index is 2.28. The van der Waals surface area contributed by atoms with E-state index >= 15 is 0 Å². The van der Waals surface area contributed by atoms with Crippen LogP contribution in [0, 0.1) is 17.6 Å². The van der Waals surface area contributed by atoms with E-state index in [1.165, 1.54) is 0 Å². The van der Waals surface area contributed by atoms with Gasteiger partial charge in [-0.1, -0.05) is 0 Å². The van der Waals surface area contributed by atoms with Gasteiger partial charge >= 0.3 is 0 Å². The van der Waals surface area contributed by atoms with Crippen molar-refractivity contribution in [2.45, 2.75) is 11.8 Å². The fourth-order valence-corrected chi connectivity index (χ4v) is 2.47. The highest BCUT2D eigenvalue weighted by atomic mass is 79.9. The zero-order valence-electron chi connectivity index (χ0n) is 8.35. The predicted octanol–water partition coefficient (Wildman–Crippen LogP) is 4.04. The van der Waals surface area contributed by atoms with Crippen LogP contribution in [0.3, 0.4) is 0 Å². The number of hydrogen-bond donors (Lipinski definition) is 0. The van der Waals surface area contributed by atoms with Gasteiger partial charge in [0.2, 0.25) is 0 Å². The average molecular weight is 312 g/mol. The molecule has 2 unspecified atom stereocenters. The molecule has 2 atom stereocenters. The molecule has 16 heavy (non-hydrogen) atoms. The first-order valence-electron chi connectivity index (χ1n) is 4.96. The van der Waals surface area contributed by atoms with E-state index in [4.69, 9.17) is 16.3 Å². The summed E-state index contributed by atoms with van der Waals surface area (Å²) in [5.74, 6) is -0.933. The van der Waals surface area contributed by atoms with Crippen molar-refractivity contribution in [1.82, 2.24) is 0 Å². The molecule has 1 aliphatic heterocycles. The molecule has 1 aliphatic rings. The number of hydrogen-bond acceptors (Lipinski definition) is 1. The smallest absolute Gasteiger partial charge is 0.137 e. The predicted molar refractivity (Wildman–Crippen MR) is 61.6 cm³/mol. The van der Waals surface area contributed by atoms with Crippen molar-refractivity contribution in [3.05, 3.63) is 33.8 Å². The Labute approximate surface area is 106 Å². The molecule has 0 saturated carbocycles. The van der Waals surface area contributed by atoms with Gasteiger partial charge in [-0.25, -0.2) is 8.78 Å². The van der Waals surface area contributed by atoms with Crippen molar-refractivity contribution in [3.8, 4) is 0 Å². The summed E-state index contributed by atoms with van der Waals surface area (Å²) in [5.41, 5.74) is 0.206. The standard InChI is InChI=1S/C11H10BrClF2O/c12-8-4-9(14)7(3-10(8)15)11(13)6-1-2-16-5-6/h3-4,6,11H,1-2,5H2. The van der Waals surface area contributed by atoms with Crippen molar-refractivity contribution in [3.63, 3.8) is 0 Å². The van der Waals surface area contributed by atoms with Crippen LogP contribution in [0.15, 0.2) is 16.6 Å². The quantitative estimate of drug-likeness (QED) is 0.591. The monoisotopic (exact) mass is 310 g/mol. The Morgan fingerprint density at radius 1 is 1.38 bits per heavy atom. The second-order valence-corrected chi connectivity index (χ2v) is 5.14. The van der Waals surface area contributed by atoms with E-state index in [-0.39, 0.29) is 16.0 Å². The summed E-state index contributed by atoms with van der Waals surface area (Å²) in [4.78, 5) is 0. The molecule has 5 heteroatoms. The molecule has 88 valence electrons. The third-order valence-corrected chi connectivity index (χ3v) is 3.91. The Morgan fingerprint density at radius 2 is 2.12 bits per heavy atom. The molecule has 1 nitrogen and oxygen atoms in total. The van der Waals surface area contributed by atoms with E-state index in [0.29, 0.717) is 13.2 Å². The van der Waals surface area contributed by atoms with Crippen molar-refractivity contribution >= 4 is 27.5 Å². The van der Waals surface area contributed by atoms with Crippen molar-refractivity contribution in [2.75, 3.05) is 13.2 Å². The molecular formula is C11H10BrClF2O. The van der Waals surface area contributed by atoms with Crippen LogP contribution in [0.5, 0.6) is 0 Å². The van der Waals surface area contributed by atoms with E-state index < -0.39 is 17.0 Å². The number of alkyl halides is 1. The molecule has 0 amide bonds. The fraction of sp³-hybridized carbons (Fsp3) is 0.455. The minimum Gasteiger partial charge on any atom is -0.381 e. The minimum atomic E-state index is -0.537. The van der Waals surface area contributed by atoms with Crippen molar-refractivity contribution in [2.24, 2.45) is 5.92 Å². The van der Waals surface area contributed by atoms with Crippen LogP contribution in [-0.2, 0) is 4.74 Å². The van der Waals surface area contributed by atoms with Gasteiger partial charge < -0.3 is 4.74 Å². The summed E-state index contributed by atoms with van der Waals surface area (Å²) in [5, 5.41) is -0.537. The SMILES string of the molecule is Fc1cc(C(Cl)C2CCOC2)c(F)cc1Br. The zero-order chi connectivity index (χ0) is 11.7. The third-order valence-electron chi connectivity index (χ3n) is 2.72. The molecule has 0 aromatic heterocycles. The second-order valence-electron chi connectivity index (χ2n) is 3.81. The Kier molecular flexibility index (Phi) is 3.82. The first-order valence-corrected chi connectivity index (χ1v) is 6.19. The van der Waals surface area contributed by atoms with Gasteiger partial charge in [-0.2, -0.15) is 0 Å². The molecule has 1 fully saturated rings. The maximum atomic E-state index is 13.6. The largest absolute Gasteiger partial charge is 0.381 e. The van der Waals surface area contributed by atoms with Gasteiger partial charge in [-0.3, -0.25) is 0 Å². The minimum absolute atomic E-state index is 0.0525. The lowest BCUT2D eigenvalue weighted by atomic mass is 9.97. The zero-order valence-corrected chi connectivity index (χ0v) is 10.7. The Hall–Kier alpha value is -0.190. The fourth-order valence-electron chi connectivity index (χ4n) is 1.79. The van der Waals surface area contributed by atoms with E-state index in [1.54, 1.807) is 0 Å². The highest BCUT2D eigenvalue weighted by Crippen LogP contribution is 2.36. The van der Waals surface area contributed by atoms with Crippen LogP contribution < -0.4 is 0 Å². The van der Waals surface area contributed by atoms with Crippen LogP contribution in [-0.4, -0.2) is 13.2 Å². The normalized spacial score (nSPS) is 22.4. The topological polar surface area (TPSA) is 9.23 Å². The van der Waals surface area contributed by atoms with Crippen molar-refractivity contribution < 1.29 is 13.5 Å². The molecule has 0 radical (unpaired) electrons. The van der Waals surface area contributed by atoms with E-state index in [1.807, 2.05) is 0 Å². The van der Waals surface area contributed by atoms with Crippen LogP contribution in [0.4, 0.5) is 8.78 Å². The van der Waals surface area contributed by atoms with Crippen LogP contribution >= 0.6 is 27.5 Å². The summed E-state index contributed by atoms with van der Waals surface area (Å²) in [7, 11) is 0. The number of ether oxygens (including phenoxy) is 1. The molecule has 0 bridgehead atoms. The maximum absolute atomic E-state index is 13.6. The molecule has 1 heterocycles. The number of halogens is 4. The van der Waals surface area contributed by atoms with E-state index in [9.17, 15) is 8.78 Å². The summed E-state index contributed by atoms with van der Waals surface area (Å²) in [6.45, 7) is 1.14. The second kappa shape index (κ2) is 4.98. The highest BCUT2D eigenvalue weighted by molar-refractivity contribution is 9.10. The number of benzene rings is 1. The average Bonchev–Trinajstić information content (AvgIpc) is 2.75. The van der Waals surface area contributed by atoms with E-state index in [2.05, 4.69) is 15.9 Å². The van der Waals surface area contributed by atoms with Gasteiger partial charge in [0.1, 0.15) is 11.6 Å². The van der Waals surface area contributed by atoms with Gasteiger partial charge in [0.25, 0.3) is 0 Å². The van der Waals surface area contributed by atoms with Gasteiger partial charge in [0, 0.05) is 18.1 Å². The molecule has 2 rings (SSSR count). The molecule has 0 N–H and O–H groups in total. The van der Waals surface area contributed by atoms with Gasteiger partial charge in [-0.15, -0.1) is 11.6 Å². The summed E-state index contributed by atoms with van der Waals surface area (Å²) < 4.78 is 32.2. The van der Waals surface area contributed by atoms with Gasteiger partial charge in [0.05, 0.1) is 16.5 Å². The Bertz CT molecular complexity index is 394. The highest BCUT2D eigenvalue weighted by Gasteiger charge is 2.28. The van der Waals surface area contributed by atoms with E-state index in [0.717, 1.165) is 18.6 Å². The summed E-state index contributed by atoms with van der Waals surface area (Å²) in [6, 6.07) is 2.26.